The Kier molecular flexibility index (Phi) is 4.97. The Balaban J connectivity index is 2.08. The van der Waals surface area contributed by atoms with Crippen LogP contribution in [0.15, 0.2) is 24.3 Å². The predicted octanol–water partition coefficient (Wildman–Crippen LogP) is 1.84. The quantitative estimate of drug-likeness (QED) is 0.795. The first-order valence-electron chi connectivity index (χ1n) is 7.19. The van der Waals surface area contributed by atoms with Crippen molar-refractivity contribution in [1.29, 1.82) is 0 Å². The van der Waals surface area contributed by atoms with E-state index in [1.165, 1.54) is 11.1 Å². The second-order valence-electron chi connectivity index (χ2n) is 5.64. The molecule has 0 fully saturated rings. The number of likely N-dealkylation sites (N-methyl/N-ethyl adjacent to an activating group) is 1. The van der Waals surface area contributed by atoms with Crippen LogP contribution in [0.1, 0.15) is 24.0 Å². The highest BCUT2D eigenvalue weighted by atomic mass is 16.5. The topological polar surface area (TPSA) is 38.5 Å². The van der Waals surface area contributed by atoms with Crippen LogP contribution in [0.4, 0.5) is 0 Å². The maximum Gasteiger partial charge on any atom is 0.0474 e. The molecule has 1 aliphatic rings. The molecule has 0 aromatic heterocycles. The van der Waals surface area contributed by atoms with Gasteiger partial charge in [-0.15, -0.1) is 0 Å². The number of hydrogen-bond donors (Lipinski definition) is 1. The average Bonchev–Trinajstić information content (AvgIpc) is 2.46. The van der Waals surface area contributed by atoms with Crippen molar-refractivity contribution in [3.8, 4) is 0 Å². The number of ether oxygens (including phenoxy) is 1. The summed E-state index contributed by atoms with van der Waals surface area (Å²) in [5, 5.41) is 0. The third-order valence-electron chi connectivity index (χ3n) is 4.53. The number of aryl methyl sites for hydroxylation is 1. The van der Waals surface area contributed by atoms with Crippen LogP contribution in [0.2, 0.25) is 0 Å². The molecule has 19 heavy (non-hydrogen) atoms. The molecule has 1 aromatic rings. The van der Waals surface area contributed by atoms with Gasteiger partial charge >= 0.3 is 0 Å². The maximum absolute atomic E-state index is 6.13. The monoisotopic (exact) mass is 262 g/mol. The molecule has 0 saturated heterocycles. The molecule has 2 rings (SSSR count). The van der Waals surface area contributed by atoms with E-state index in [0.29, 0.717) is 0 Å². The van der Waals surface area contributed by atoms with E-state index in [9.17, 15) is 0 Å². The van der Waals surface area contributed by atoms with Crippen LogP contribution >= 0.6 is 0 Å². The summed E-state index contributed by atoms with van der Waals surface area (Å²) in [7, 11) is 3.96. The fraction of sp³-hybridized carbons (Fsp3) is 0.625. The van der Waals surface area contributed by atoms with E-state index in [-0.39, 0.29) is 5.54 Å². The summed E-state index contributed by atoms with van der Waals surface area (Å²) in [6.07, 6.45) is 4.44. The zero-order valence-corrected chi connectivity index (χ0v) is 12.2. The van der Waals surface area contributed by atoms with Gasteiger partial charge in [0.1, 0.15) is 0 Å². The third kappa shape index (κ3) is 3.16. The molecule has 0 bridgehead atoms. The first-order chi connectivity index (χ1) is 9.22. The lowest BCUT2D eigenvalue weighted by Gasteiger charge is -2.44. The lowest BCUT2D eigenvalue weighted by molar-refractivity contribution is 0.0933. The molecular formula is C16H26N2O. The van der Waals surface area contributed by atoms with Crippen LogP contribution in [-0.4, -0.2) is 44.3 Å². The molecule has 106 valence electrons. The summed E-state index contributed by atoms with van der Waals surface area (Å²) < 4.78 is 5.14. The second kappa shape index (κ2) is 6.51. The minimum absolute atomic E-state index is 0.127. The average molecular weight is 262 g/mol. The highest BCUT2D eigenvalue weighted by Crippen LogP contribution is 2.32. The number of nitrogens with two attached hydrogens (primary N) is 1. The molecular weight excluding hydrogens is 236 g/mol. The summed E-state index contributed by atoms with van der Waals surface area (Å²) in [6, 6.07) is 8.77. The van der Waals surface area contributed by atoms with Crippen molar-refractivity contribution in [3.63, 3.8) is 0 Å². The summed E-state index contributed by atoms with van der Waals surface area (Å²) in [5.74, 6) is 0. The minimum atomic E-state index is 0.127. The van der Waals surface area contributed by atoms with Gasteiger partial charge in [0.2, 0.25) is 0 Å². The zero-order valence-electron chi connectivity index (χ0n) is 12.2. The van der Waals surface area contributed by atoms with E-state index in [1.54, 1.807) is 7.11 Å². The van der Waals surface area contributed by atoms with Gasteiger partial charge in [-0.25, -0.2) is 0 Å². The molecule has 0 radical (unpaired) electrons. The summed E-state index contributed by atoms with van der Waals surface area (Å²) in [4.78, 5) is 2.45. The van der Waals surface area contributed by atoms with E-state index < -0.39 is 0 Å². The first-order valence-corrected chi connectivity index (χ1v) is 7.19. The van der Waals surface area contributed by atoms with Gasteiger partial charge in [0, 0.05) is 32.3 Å². The van der Waals surface area contributed by atoms with Crippen molar-refractivity contribution in [1.82, 2.24) is 4.90 Å². The van der Waals surface area contributed by atoms with Crippen molar-refractivity contribution in [2.75, 3.05) is 33.9 Å². The molecule has 1 atom stereocenters. The second-order valence-corrected chi connectivity index (χ2v) is 5.64. The molecule has 0 spiro atoms. The lowest BCUT2D eigenvalue weighted by atomic mass is 9.77. The highest BCUT2D eigenvalue weighted by Gasteiger charge is 2.36. The van der Waals surface area contributed by atoms with Gasteiger partial charge in [-0.3, -0.25) is 4.90 Å². The van der Waals surface area contributed by atoms with Gasteiger partial charge in [0.15, 0.2) is 0 Å². The van der Waals surface area contributed by atoms with E-state index in [1.807, 2.05) is 0 Å². The van der Waals surface area contributed by atoms with Crippen LogP contribution < -0.4 is 5.73 Å². The molecule has 0 amide bonds. The standard InChI is InChI=1S/C16H26N2O/c1-18(10-5-11-19-2)16(13-17)9-8-14-6-3-4-7-15(14)12-16/h3-4,6-7H,5,8-13,17H2,1-2H3. The fourth-order valence-corrected chi connectivity index (χ4v) is 3.12. The third-order valence-corrected chi connectivity index (χ3v) is 4.53. The SMILES string of the molecule is COCCCN(C)C1(CN)CCc2ccccc2C1. The fourth-order valence-electron chi connectivity index (χ4n) is 3.12. The number of rotatable bonds is 6. The number of methoxy groups -OCH3 is 1. The Morgan fingerprint density at radius 2 is 2.05 bits per heavy atom. The van der Waals surface area contributed by atoms with E-state index in [2.05, 4.69) is 36.2 Å². The summed E-state index contributed by atoms with van der Waals surface area (Å²) in [5.41, 5.74) is 9.22. The van der Waals surface area contributed by atoms with Crippen LogP contribution in [-0.2, 0) is 17.6 Å². The number of nitrogens with zero attached hydrogens (tertiary/aromatic N) is 1. The van der Waals surface area contributed by atoms with Crippen LogP contribution in [0.25, 0.3) is 0 Å². The van der Waals surface area contributed by atoms with Crippen molar-refractivity contribution in [3.05, 3.63) is 35.4 Å². The Bertz CT molecular complexity index is 407. The smallest absolute Gasteiger partial charge is 0.0474 e. The molecule has 3 nitrogen and oxygen atoms in total. The van der Waals surface area contributed by atoms with Crippen LogP contribution in [0.5, 0.6) is 0 Å². The molecule has 1 unspecified atom stereocenters. The molecule has 0 saturated carbocycles. The van der Waals surface area contributed by atoms with Crippen molar-refractivity contribution in [2.24, 2.45) is 5.73 Å². The van der Waals surface area contributed by atoms with Crippen molar-refractivity contribution in [2.45, 2.75) is 31.2 Å². The molecule has 1 aliphatic carbocycles. The van der Waals surface area contributed by atoms with Gasteiger partial charge < -0.3 is 10.5 Å². The van der Waals surface area contributed by atoms with Crippen LogP contribution in [0.3, 0.4) is 0 Å². The largest absolute Gasteiger partial charge is 0.385 e. The van der Waals surface area contributed by atoms with Crippen molar-refractivity contribution < 1.29 is 4.74 Å². The van der Waals surface area contributed by atoms with E-state index in [0.717, 1.165) is 45.4 Å². The molecule has 0 heterocycles. The van der Waals surface area contributed by atoms with Crippen molar-refractivity contribution >= 4 is 0 Å². The molecule has 3 heteroatoms. The first kappa shape index (κ1) is 14.5. The number of fused-ring (bicyclic) bond motifs is 1. The minimum Gasteiger partial charge on any atom is -0.385 e. The zero-order chi connectivity index (χ0) is 13.7. The Labute approximate surface area is 116 Å². The van der Waals surface area contributed by atoms with Gasteiger partial charge in [-0.05, 0) is 43.9 Å². The predicted molar refractivity (Wildman–Crippen MR) is 79.4 cm³/mol. The summed E-state index contributed by atoms with van der Waals surface area (Å²) in [6.45, 7) is 2.60. The Morgan fingerprint density at radius 1 is 1.32 bits per heavy atom. The maximum atomic E-state index is 6.13. The number of hydrogen-bond acceptors (Lipinski definition) is 3. The Hall–Kier alpha value is -0.900. The van der Waals surface area contributed by atoms with Gasteiger partial charge in [0.25, 0.3) is 0 Å². The van der Waals surface area contributed by atoms with Gasteiger partial charge in [-0.1, -0.05) is 24.3 Å². The van der Waals surface area contributed by atoms with E-state index >= 15 is 0 Å². The lowest BCUT2D eigenvalue weighted by Crippen LogP contribution is -2.55. The van der Waals surface area contributed by atoms with E-state index in [4.69, 9.17) is 10.5 Å². The molecule has 0 aliphatic heterocycles. The highest BCUT2D eigenvalue weighted by molar-refractivity contribution is 5.32. The van der Waals surface area contributed by atoms with Gasteiger partial charge in [-0.2, -0.15) is 0 Å². The Morgan fingerprint density at radius 3 is 2.74 bits per heavy atom. The molecule has 2 N–H and O–H groups in total. The normalized spacial score (nSPS) is 22.5. The van der Waals surface area contributed by atoms with Crippen LogP contribution in [0, 0.1) is 0 Å². The summed E-state index contributed by atoms with van der Waals surface area (Å²) >= 11 is 0. The molecule has 1 aromatic carbocycles. The number of benzene rings is 1. The van der Waals surface area contributed by atoms with Gasteiger partial charge in [0.05, 0.1) is 0 Å².